The van der Waals surface area contributed by atoms with Gasteiger partial charge in [-0.25, -0.2) is 13.1 Å². The van der Waals surface area contributed by atoms with Crippen molar-refractivity contribution in [1.29, 1.82) is 0 Å². The number of nitrogens with one attached hydrogen (secondary N) is 1. The van der Waals surface area contributed by atoms with Crippen LogP contribution < -0.4 is 14.4 Å². The van der Waals surface area contributed by atoms with Gasteiger partial charge in [-0.3, -0.25) is 9.59 Å². The van der Waals surface area contributed by atoms with E-state index in [0.29, 0.717) is 48.5 Å². The molecular formula is C38H49ClN2O7S. The fourth-order valence-corrected chi connectivity index (χ4v) is 9.41. The Hall–Kier alpha value is -3.08. The number of halogens is 1. The molecule has 1 N–H and O–H groups in total. The molecule has 11 heteroatoms. The van der Waals surface area contributed by atoms with Crippen LogP contribution in [0.25, 0.3) is 0 Å². The minimum Gasteiger partial charge on any atom is -0.490 e. The van der Waals surface area contributed by atoms with Crippen LogP contribution in [0.3, 0.4) is 0 Å². The molecule has 4 aliphatic rings. The number of nitrogens with zero attached hydrogens (tertiary/aromatic N) is 1. The molecule has 2 bridgehead atoms. The number of esters is 1. The number of hydrogen-bond acceptors (Lipinski definition) is 8. The number of aryl methyl sites for hydroxylation is 1. The van der Waals surface area contributed by atoms with Gasteiger partial charge in [0.05, 0.1) is 35.6 Å². The number of amides is 1. The predicted octanol–water partition coefficient (Wildman–Crippen LogP) is 6.60. The van der Waals surface area contributed by atoms with Gasteiger partial charge >= 0.3 is 5.97 Å². The molecule has 2 heterocycles. The van der Waals surface area contributed by atoms with Crippen LogP contribution in [0.4, 0.5) is 5.69 Å². The van der Waals surface area contributed by atoms with Gasteiger partial charge in [-0.2, -0.15) is 0 Å². The Labute approximate surface area is 295 Å². The highest BCUT2D eigenvalue weighted by Gasteiger charge is 2.45. The van der Waals surface area contributed by atoms with E-state index in [2.05, 4.69) is 27.8 Å². The summed E-state index contributed by atoms with van der Waals surface area (Å²) in [5.41, 5.74) is 2.10. The summed E-state index contributed by atoms with van der Waals surface area (Å²) in [6.07, 6.45) is 9.11. The summed E-state index contributed by atoms with van der Waals surface area (Å²) < 4.78 is 48.2. The maximum atomic E-state index is 13.9. The molecule has 1 saturated carbocycles. The van der Waals surface area contributed by atoms with Gasteiger partial charge in [0.1, 0.15) is 11.4 Å². The van der Waals surface area contributed by atoms with Crippen molar-refractivity contribution in [3.63, 3.8) is 0 Å². The van der Waals surface area contributed by atoms with Gasteiger partial charge in [0.2, 0.25) is 5.91 Å². The third kappa shape index (κ3) is 7.66. The van der Waals surface area contributed by atoms with Crippen molar-refractivity contribution in [3.05, 3.63) is 64.7 Å². The first kappa shape index (κ1) is 35.7. The van der Waals surface area contributed by atoms with Crippen molar-refractivity contribution >= 4 is 39.2 Å². The lowest BCUT2D eigenvalue weighted by Gasteiger charge is -2.46. The second kappa shape index (κ2) is 13.9. The highest BCUT2D eigenvalue weighted by molar-refractivity contribution is 7.90. The van der Waals surface area contributed by atoms with Gasteiger partial charge in [0.15, 0.2) is 0 Å². The molecule has 0 radical (unpaired) electrons. The van der Waals surface area contributed by atoms with Gasteiger partial charge in [-0.05, 0) is 119 Å². The van der Waals surface area contributed by atoms with Crippen LogP contribution in [0.5, 0.6) is 5.75 Å². The highest BCUT2D eigenvalue weighted by atomic mass is 35.5. The number of fused-ring (bicyclic) bond motifs is 4. The number of carbonyl (C=O) groups is 2. The molecule has 49 heavy (non-hydrogen) atoms. The fourth-order valence-electron chi connectivity index (χ4n) is 8.17. The van der Waals surface area contributed by atoms with Crippen LogP contribution in [0, 0.1) is 23.7 Å². The SMILES string of the molecule is CO[C@@H]1/C=C\C[C@H](C)[C@@H](CC(=O)OC(C)(C)C)C(=O)NS(=O)(=O)c2ccc3c(c2)N(C[C@@H]2CC[C@H]21)C[C@@]1(CCCc2cc(Cl)ccc21)CO3. The number of rotatable bonds is 3. The van der Waals surface area contributed by atoms with E-state index in [1.807, 2.05) is 19.1 Å². The standard InChI is InChI=1S/C38H49ClN2O7S/c1-24-8-6-10-33(46-5)29-14-11-26(29)21-41-22-38(17-7-9-25-18-27(39)12-15-31(25)38)23-47-34-16-13-28(19-32(34)41)49(44,45)40-36(43)30(24)20-35(42)48-37(2,3)4/h6,10,12-13,15-16,18-19,24,26,29-30,33H,7-9,11,14,17,20-23H2,1-5H3,(H,40,43)/b10-6-/t24-,26-,29+,30+,33+,38-/m0/s1. The second-order valence-corrected chi connectivity index (χ2v) is 17.6. The molecule has 266 valence electrons. The van der Waals surface area contributed by atoms with E-state index >= 15 is 0 Å². The zero-order chi connectivity index (χ0) is 35.1. The van der Waals surface area contributed by atoms with Gasteiger partial charge in [-0.15, -0.1) is 0 Å². The lowest BCUT2D eigenvalue weighted by molar-refractivity contribution is -0.157. The maximum Gasteiger partial charge on any atom is 0.307 e. The zero-order valence-electron chi connectivity index (χ0n) is 29.2. The Kier molecular flexibility index (Phi) is 10.1. The van der Waals surface area contributed by atoms with E-state index in [1.165, 1.54) is 17.2 Å². The van der Waals surface area contributed by atoms with Crippen molar-refractivity contribution in [2.24, 2.45) is 23.7 Å². The Morgan fingerprint density at radius 3 is 2.67 bits per heavy atom. The Morgan fingerprint density at radius 2 is 1.96 bits per heavy atom. The third-order valence-electron chi connectivity index (χ3n) is 10.8. The molecule has 6 rings (SSSR count). The van der Waals surface area contributed by atoms with Crippen LogP contribution in [0.15, 0.2) is 53.4 Å². The number of sulfonamides is 1. The normalized spacial score (nSPS) is 30.4. The minimum absolute atomic E-state index is 0.0319. The van der Waals surface area contributed by atoms with E-state index in [9.17, 15) is 18.0 Å². The number of ether oxygens (including phenoxy) is 3. The number of benzene rings is 2. The minimum atomic E-state index is -4.30. The van der Waals surface area contributed by atoms with Crippen molar-refractivity contribution in [1.82, 2.24) is 4.72 Å². The van der Waals surface area contributed by atoms with E-state index < -0.39 is 33.4 Å². The monoisotopic (exact) mass is 712 g/mol. The highest BCUT2D eigenvalue weighted by Crippen LogP contribution is 2.47. The van der Waals surface area contributed by atoms with Crippen molar-refractivity contribution in [3.8, 4) is 5.75 Å². The van der Waals surface area contributed by atoms with Crippen LogP contribution in [0.2, 0.25) is 5.02 Å². The zero-order valence-corrected chi connectivity index (χ0v) is 30.7. The molecule has 0 aromatic heterocycles. The molecule has 1 fully saturated rings. The number of allylic oxidation sites excluding steroid dienone is 1. The lowest BCUT2D eigenvalue weighted by atomic mass is 9.68. The quantitative estimate of drug-likeness (QED) is 0.280. The maximum absolute atomic E-state index is 13.9. The Morgan fingerprint density at radius 1 is 1.16 bits per heavy atom. The number of carbonyl (C=O) groups excluding carboxylic acids is 2. The van der Waals surface area contributed by atoms with Crippen molar-refractivity contribution < 1.29 is 32.2 Å². The smallest absolute Gasteiger partial charge is 0.307 e. The van der Waals surface area contributed by atoms with Crippen molar-refractivity contribution in [2.45, 2.75) is 94.7 Å². The summed E-state index contributed by atoms with van der Waals surface area (Å²) in [6.45, 7) is 8.95. The Bertz CT molecular complexity index is 1720. The van der Waals surface area contributed by atoms with Crippen LogP contribution >= 0.6 is 11.6 Å². The van der Waals surface area contributed by atoms with Gasteiger partial charge < -0.3 is 19.1 Å². The first-order chi connectivity index (χ1) is 23.2. The number of methoxy groups -OCH3 is 1. The van der Waals surface area contributed by atoms with E-state index in [-0.39, 0.29) is 34.7 Å². The summed E-state index contributed by atoms with van der Waals surface area (Å²) in [6, 6.07) is 11.0. The molecule has 1 amide bonds. The largest absolute Gasteiger partial charge is 0.490 e. The summed E-state index contributed by atoms with van der Waals surface area (Å²) in [4.78, 5) is 29.0. The summed E-state index contributed by atoms with van der Waals surface area (Å²) in [5, 5.41) is 0.717. The number of anilines is 1. The Balaban J connectivity index is 1.40. The molecule has 9 nitrogen and oxygen atoms in total. The van der Waals surface area contributed by atoms with Crippen molar-refractivity contribution in [2.75, 3.05) is 31.7 Å². The molecule has 2 aliphatic heterocycles. The first-order valence-corrected chi connectivity index (χ1v) is 19.3. The molecule has 0 unspecified atom stereocenters. The first-order valence-electron chi connectivity index (χ1n) is 17.5. The second-order valence-electron chi connectivity index (χ2n) is 15.4. The fraction of sp³-hybridized carbons (Fsp3) is 0.579. The molecule has 2 aromatic rings. The molecule has 2 aromatic carbocycles. The van der Waals surface area contributed by atoms with E-state index in [4.69, 9.17) is 25.8 Å². The topological polar surface area (TPSA) is 111 Å². The van der Waals surface area contributed by atoms with Crippen LogP contribution in [0.1, 0.15) is 77.3 Å². The summed E-state index contributed by atoms with van der Waals surface area (Å²) in [7, 11) is -2.56. The van der Waals surface area contributed by atoms with Gasteiger partial charge in [0.25, 0.3) is 10.0 Å². The van der Waals surface area contributed by atoms with Gasteiger partial charge in [-0.1, -0.05) is 36.7 Å². The average molecular weight is 713 g/mol. The van der Waals surface area contributed by atoms with E-state index in [0.717, 1.165) is 32.1 Å². The summed E-state index contributed by atoms with van der Waals surface area (Å²) in [5.74, 6) is -1.36. The molecule has 2 aliphatic carbocycles. The average Bonchev–Trinajstić information content (AvgIpc) is 3.16. The molecular weight excluding hydrogens is 664 g/mol. The molecule has 1 spiro atoms. The third-order valence-corrected chi connectivity index (χ3v) is 12.4. The van der Waals surface area contributed by atoms with Crippen LogP contribution in [-0.4, -0.2) is 58.8 Å². The van der Waals surface area contributed by atoms with Crippen LogP contribution in [-0.2, 0) is 40.9 Å². The summed E-state index contributed by atoms with van der Waals surface area (Å²) >= 11 is 6.43. The van der Waals surface area contributed by atoms with E-state index in [1.54, 1.807) is 40.0 Å². The lowest BCUT2D eigenvalue weighted by Crippen LogP contribution is -2.49. The molecule has 6 atom stereocenters. The predicted molar refractivity (Wildman–Crippen MR) is 189 cm³/mol. The number of hydrogen-bond donors (Lipinski definition) is 1. The molecule has 0 saturated heterocycles. The van der Waals surface area contributed by atoms with Gasteiger partial charge in [0, 0.05) is 30.6 Å².